The second kappa shape index (κ2) is 6.15. The molecule has 0 aromatic rings. The van der Waals surface area contributed by atoms with Crippen molar-refractivity contribution >= 4 is 11.9 Å². The topological polar surface area (TPSA) is 74.6 Å². The summed E-state index contributed by atoms with van der Waals surface area (Å²) < 4.78 is 0. The predicted octanol–water partition coefficient (Wildman–Crippen LogP) is 1.35. The van der Waals surface area contributed by atoms with Crippen molar-refractivity contribution in [2.75, 3.05) is 0 Å². The van der Waals surface area contributed by atoms with Crippen molar-refractivity contribution in [3.63, 3.8) is 0 Å². The van der Waals surface area contributed by atoms with Gasteiger partial charge in [0.2, 0.25) is 0 Å². The molecule has 14 heavy (non-hydrogen) atoms. The van der Waals surface area contributed by atoms with Gasteiger partial charge in [-0.25, -0.2) is 0 Å². The molecule has 0 atom stereocenters. The third kappa shape index (κ3) is 4.21. The molecule has 1 saturated carbocycles. The van der Waals surface area contributed by atoms with Crippen LogP contribution >= 0.6 is 0 Å². The Labute approximate surface area is 96.3 Å². The summed E-state index contributed by atoms with van der Waals surface area (Å²) in [7, 11) is 0. The molecule has 1 fully saturated rings. The first-order valence-electron chi connectivity index (χ1n) is 4.54. The molecule has 81 valence electrons. The molecule has 0 spiro atoms. The Morgan fingerprint density at radius 3 is 1.93 bits per heavy atom. The van der Waals surface area contributed by atoms with Crippen LogP contribution in [0.1, 0.15) is 32.1 Å². The van der Waals surface area contributed by atoms with E-state index in [-0.39, 0.29) is 38.7 Å². The van der Waals surface area contributed by atoms with Gasteiger partial charge in [-0.05, 0) is 31.6 Å². The minimum atomic E-state index is -0.779. The van der Waals surface area contributed by atoms with Gasteiger partial charge in [0, 0.05) is 26.8 Å². The Balaban J connectivity index is 0.00000169. The molecule has 0 unspecified atom stereocenters. The number of carboxylic acids is 2. The van der Waals surface area contributed by atoms with Crippen LogP contribution < -0.4 is 0 Å². The van der Waals surface area contributed by atoms with Gasteiger partial charge < -0.3 is 10.2 Å². The van der Waals surface area contributed by atoms with Crippen molar-refractivity contribution in [1.29, 1.82) is 0 Å². The second-order valence-electron chi connectivity index (χ2n) is 3.65. The van der Waals surface area contributed by atoms with Crippen LogP contribution in [0.4, 0.5) is 0 Å². The van der Waals surface area contributed by atoms with Crippen LogP contribution in [0.15, 0.2) is 0 Å². The first-order chi connectivity index (χ1) is 6.09. The van der Waals surface area contributed by atoms with Crippen molar-refractivity contribution < 1.29 is 40.2 Å². The summed E-state index contributed by atoms with van der Waals surface area (Å²) in [6, 6.07) is 0. The van der Waals surface area contributed by atoms with Crippen LogP contribution in [-0.4, -0.2) is 22.2 Å². The SMILES string of the molecule is O=C(O)CC1CCC(C(=O)O)CC1.[Re]. The van der Waals surface area contributed by atoms with E-state index in [1.165, 1.54) is 0 Å². The van der Waals surface area contributed by atoms with Crippen LogP contribution in [0, 0.1) is 11.8 Å². The minimum absolute atomic E-state index is 0. The van der Waals surface area contributed by atoms with Gasteiger partial charge in [0.15, 0.2) is 0 Å². The van der Waals surface area contributed by atoms with Crippen LogP contribution in [0.25, 0.3) is 0 Å². The Kier molecular flexibility index (Phi) is 5.98. The molecule has 0 heterocycles. The Hall–Kier alpha value is -0.398. The number of carbonyl (C=O) groups is 2. The molecular weight excluding hydrogens is 358 g/mol. The number of aliphatic carboxylic acids is 2. The molecule has 1 rings (SSSR count). The summed E-state index contributed by atoms with van der Waals surface area (Å²) >= 11 is 0. The van der Waals surface area contributed by atoms with Crippen LogP contribution in [0.5, 0.6) is 0 Å². The van der Waals surface area contributed by atoms with Crippen molar-refractivity contribution in [2.24, 2.45) is 11.8 Å². The summed E-state index contributed by atoms with van der Waals surface area (Å²) in [5, 5.41) is 17.2. The zero-order chi connectivity index (χ0) is 9.84. The molecular formula is C9H14O4Re. The van der Waals surface area contributed by atoms with Gasteiger partial charge >= 0.3 is 11.9 Å². The monoisotopic (exact) mass is 373 g/mol. The standard InChI is InChI=1S/C9H14O4.Re/c10-8(11)5-6-1-3-7(4-2-6)9(12)13;/h6-7H,1-5H2,(H,10,11)(H,12,13);. The van der Waals surface area contributed by atoms with E-state index in [0.717, 1.165) is 12.8 Å². The fraction of sp³-hybridized carbons (Fsp3) is 0.778. The maximum Gasteiger partial charge on any atom is 0.306 e. The van der Waals surface area contributed by atoms with Gasteiger partial charge in [0.25, 0.3) is 0 Å². The van der Waals surface area contributed by atoms with Gasteiger partial charge in [-0.3, -0.25) is 9.59 Å². The number of carboxylic acid groups (broad SMARTS) is 2. The third-order valence-corrected chi connectivity index (χ3v) is 2.66. The largest absolute Gasteiger partial charge is 0.481 e. The quantitative estimate of drug-likeness (QED) is 0.784. The first kappa shape index (κ1) is 13.6. The maximum atomic E-state index is 10.6. The third-order valence-electron chi connectivity index (χ3n) is 2.66. The zero-order valence-electron chi connectivity index (χ0n) is 7.78. The molecule has 1 radical (unpaired) electrons. The number of hydrogen-bond acceptors (Lipinski definition) is 2. The zero-order valence-corrected chi connectivity index (χ0v) is 10.5. The normalized spacial score (nSPS) is 26.3. The van der Waals surface area contributed by atoms with E-state index in [4.69, 9.17) is 10.2 Å². The van der Waals surface area contributed by atoms with Crippen molar-refractivity contribution in [1.82, 2.24) is 0 Å². The number of hydrogen-bond donors (Lipinski definition) is 2. The first-order valence-corrected chi connectivity index (χ1v) is 4.54. The molecule has 0 aliphatic heterocycles. The van der Waals surface area contributed by atoms with Gasteiger partial charge in [-0.15, -0.1) is 0 Å². The van der Waals surface area contributed by atoms with Crippen LogP contribution in [0.2, 0.25) is 0 Å². The average molecular weight is 372 g/mol. The van der Waals surface area contributed by atoms with Gasteiger partial charge in [0.05, 0.1) is 5.92 Å². The summed E-state index contributed by atoms with van der Waals surface area (Å²) in [6.07, 6.45) is 2.93. The van der Waals surface area contributed by atoms with E-state index >= 15 is 0 Å². The molecule has 0 saturated heterocycles. The van der Waals surface area contributed by atoms with Crippen LogP contribution in [0.3, 0.4) is 0 Å². The second-order valence-corrected chi connectivity index (χ2v) is 3.65. The molecule has 0 bridgehead atoms. The summed E-state index contributed by atoms with van der Waals surface area (Å²) in [4.78, 5) is 20.9. The molecule has 1 aliphatic rings. The van der Waals surface area contributed by atoms with Crippen LogP contribution in [-0.2, 0) is 30.0 Å². The van der Waals surface area contributed by atoms with E-state index < -0.39 is 11.9 Å². The summed E-state index contributed by atoms with van der Waals surface area (Å²) in [5.41, 5.74) is 0. The molecule has 5 heteroatoms. The number of rotatable bonds is 3. The Morgan fingerprint density at radius 2 is 1.57 bits per heavy atom. The molecule has 2 N–H and O–H groups in total. The molecule has 4 nitrogen and oxygen atoms in total. The molecule has 0 aromatic heterocycles. The van der Waals surface area contributed by atoms with Gasteiger partial charge in [-0.2, -0.15) is 0 Å². The van der Waals surface area contributed by atoms with E-state index in [1.54, 1.807) is 0 Å². The fourth-order valence-electron chi connectivity index (χ4n) is 1.86. The van der Waals surface area contributed by atoms with E-state index in [0.29, 0.717) is 12.8 Å². The smallest absolute Gasteiger partial charge is 0.306 e. The fourth-order valence-corrected chi connectivity index (χ4v) is 1.86. The van der Waals surface area contributed by atoms with Gasteiger partial charge in [-0.1, -0.05) is 0 Å². The van der Waals surface area contributed by atoms with Gasteiger partial charge in [0.1, 0.15) is 0 Å². The van der Waals surface area contributed by atoms with Crippen molar-refractivity contribution in [3.8, 4) is 0 Å². The van der Waals surface area contributed by atoms with Crippen molar-refractivity contribution in [3.05, 3.63) is 0 Å². The Morgan fingerprint density at radius 1 is 1.07 bits per heavy atom. The van der Waals surface area contributed by atoms with E-state index in [2.05, 4.69) is 0 Å². The molecule has 0 aromatic carbocycles. The summed E-state index contributed by atoms with van der Waals surface area (Å²) in [6.45, 7) is 0. The average Bonchev–Trinajstić information content (AvgIpc) is 2.04. The summed E-state index contributed by atoms with van der Waals surface area (Å²) in [5.74, 6) is -1.58. The Bertz CT molecular complexity index is 209. The minimum Gasteiger partial charge on any atom is -0.481 e. The molecule has 0 amide bonds. The van der Waals surface area contributed by atoms with E-state index in [1.807, 2.05) is 0 Å². The van der Waals surface area contributed by atoms with E-state index in [9.17, 15) is 9.59 Å². The molecule has 1 aliphatic carbocycles. The predicted molar refractivity (Wildman–Crippen MR) is 45.3 cm³/mol. The van der Waals surface area contributed by atoms with Crippen molar-refractivity contribution in [2.45, 2.75) is 32.1 Å². The maximum absolute atomic E-state index is 10.6.